The van der Waals surface area contributed by atoms with Crippen LogP contribution >= 0.6 is 0 Å². The van der Waals surface area contributed by atoms with E-state index >= 15 is 0 Å². The Hall–Kier alpha value is -2.91. The highest BCUT2D eigenvalue weighted by Gasteiger charge is 2.33. The zero-order valence-electron chi connectivity index (χ0n) is 14.0. The number of hydrogen-bond donors (Lipinski definition) is 0. The molecule has 1 saturated heterocycles. The molecule has 142 valence electrons. The lowest BCUT2D eigenvalue weighted by atomic mass is 10.1. The van der Waals surface area contributed by atoms with Gasteiger partial charge >= 0.3 is 6.18 Å². The van der Waals surface area contributed by atoms with Crippen LogP contribution in [-0.4, -0.2) is 38.8 Å². The highest BCUT2D eigenvalue weighted by molar-refractivity contribution is 5.42. The molecule has 4 heterocycles. The normalized spacial score (nSPS) is 16.1. The third-order valence-corrected chi connectivity index (χ3v) is 4.41. The van der Waals surface area contributed by atoms with E-state index in [2.05, 4.69) is 15.1 Å². The molecule has 0 atom stereocenters. The van der Waals surface area contributed by atoms with Gasteiger partial charge in [0.2, 0.25) is 5.88 Å². The molecule has 0 aromatic carbocycles. The van der Waals surface area contributed by atoms with E-state index in [9.17, 15) is 17.6 Å². The summed E-state index contributed by atoms with van der Waals surface area (Å²) >= 11 is 0. The first-order valence-electron chi connectivity index (χ1n) is 8.35. The molecule has 0 aliphatic carbocycles. The van der Waals surface area contributed by atoms with Crippen LogP contribution in [0.25, 0.3) is 5.65 Å². The molecule has 0 bridgehead atoms. The average Bonchev–Trinajstić information content (AvgIpc) is 3.09. The van der Waals surface area contributed by atoms with Gasteiger partial charge in [-0.05, 0) is 6.07 Å². The van der Waals surface area contributed by atoms with Crippen molar-refractivity contribution in [3.63, 3.8) is 0 Å². The summed E-state index contributed by atoms with van der Waals surface area (Å²) in [6, 6.07) is 3.95. The van der Waals surface area contributed by atoms with Crippen molar-refractivity contribution in [2.45, 2.75) is 25.1 Å². The van der Waals surface area contributed by atoms with Crippen LogP contribution in [0.1, 0.15) is 18.4 Å². The van der Waals surface area contributed by atoms with Crippen LogP contribution < -0.4 is 9.64 Å². The number of ether oxygens (including phenoxy) is 1. The van der Waals surface area contributed by atoms with Crippen LogP contribution in [0, 0.1) is 5.82 Å². The van der Waals surface area contributed by atoms with E-state index in [1.54, 1.807) is 33.9 Å². The zero-order valence-corrected chi connectivity index (χ0v) is 14.0. The fraction of sp³-hybridized carbons (Fsp3) is 0.353. The van der Waals surface area contributed by atoms with E-state index in [0.29, 0.717) is 49.7 Å². The Balaban J connectivity index is 1.40. The Morgan fingerprint density at radius 3 is 2.63 bits per heavy atom. The van der Waals surface area contributed by atoms with Crippen LogP contribution in [0.5, 0.6) is 5.88 Å². The van der Waals surface area contributed by atoms with Gasteiger partial charge in [0.15, 0.2) is 17.3 Å². The molecule has 0 saturated carbocycles. The maximum absolute atomic E-state index is 14.1. The fourth-order valence-corrected chi connectivity index (χ4v) is 3.04. The number of rotatable bonds is 3. The van der Waals surface area contributed by atoms with Gasteiger partial charge in [-0.25, -0.2) is 13.9 Å². The zero-order chi connectivity index (χ0) is 19.0. The van der Waals surface area contributed by atoms with Gasteiger partial charge in [-0.15, -0.1) is 0 Å². The van der Waals surface area contributed by atoms with Crippen LogP contribution in [0.2, 0.25) is 0 Å². The fourth-order valence-electron chi connectivity index (χ4n) is 3.04. The Bertz CT molecular complexity index is 950. The lowest BCUT2D eigenvalue weighted by molar-refractivity contribution is -0.138. The molecule has 0 N–H and O–H groups in total. The van der Waals surface area contributed by atoms with Crippen molar-refractivity contribution in [2.75, 3.05) is 18.0 Å². The van der Waals surface area contributed by atoms with Crippen LogP contribution in [0.3, 0.4) is 0 Å². The summed E-state index contributed by atoms with van der Waals surface area (Å²) in [6.07, 6.45) is 0.465. The number of pyridine rings is 1. The largest absolute Gasteiger partial charge is 0.474 e. The van der Waals surface area contributed by atoms with Gasteiger partial charge < -0.3 is 9.64 Å². The molecule has 4 rings (SSSR count). The molecule has 3 aromatic heterocycles. The molecule has 1 aliphatic rings. The van der Waals surface area contributed by atoms with Crippen molar-refractivity contribution < 1.29 is 22.3 Å². The van der Waals surface area contributed by atoms with E-state index in [-0.39, 0.29) is 11.9 Å². The molecule has 6 nitrogen and oxygen atoms in total. The van der Waals surface area contributed by atoms with E-state index in [0.717, 1.165) is 0 Å². The number of fused-ring (bicyclic) bond motifs is 1. The summed E-state index contributed by atoms with van der Waals surface area (Å²) in [7, 11) is 0. The summed E-state index contributed by atoms with van der Waals surface area (Å²) < 4.78 is 59.4. The third kappa shape index (κ3) is 3.64. The van der Waals surface area contributed by atoms with E-state index in [1.807, 2.05) is 0 Å². The molecule has 10 heteroatoms. The molecule has 0 spiro atoms. The Kier molecular flexibility index (Phi) is 4.33. The SMILES string of the molecule is Fc1cc(C(F)(F)F)cnc1N1CCC(Oc2ccn3nccc3n2)CC1. The number of piperidine rings is 1. The van der Waals surface area contributed by atoms with Crippen molar-refractivity contribution in [1.29, 1.82) is 0 Å². The molecule has 1 fully saturated rings. The number of hydrogen-bond acceptors (Lipinski definition) is 5. The van der Waals surface area contributed by atoms with Gasteiger partial charge in [0.05, 0.1) is 11.8 Å². The molecule has 0 amide bonds. The molecular formula is C17H15F4N5O. The standard InChI is InChI=1S/C17H15F4N5O/c18-13-9-11(17(19,20)21)10-22-16(13)25-6-2-12(3-7-25)27-15-4-8-26-14(24-15)1-5-23-26/h1,4-5,8-10,12H,2-3,6-7H2. The second-order valence-electron chi connectivity index (χ2n) is 6.23. The summed E-state index contributed by atoms with van der Waals surface area (Å²) in [5.74, 6) is -0.572. The Morgan fingerprint density at radius 2 is 1.93 bits per heavy atom. The van der Waals surface area contributed by atoms with Crippen molar-refractivity contribution in [1.82, 2.24) is 19.6 Å². The highest BCUT2D eigenvalue weighted by Crippen LogP contribution is 2.31. The van der Waals surface area contributed by atoms with Gasteiger partial charge in [0, 0.05) is 50.5 Å². The molecule has 0 unspecified atom stereocenters. The highest BCUT2D eigenvalue weighted by atomic mass is 19.4. The minimum Gasteiger partial charge on any atom is -0.474 e. The van der Waals surface area contributed by atoms with Gasteiger partial charge in [0.1, 0.15) is 6.10 Å². The number of halogens is 4. The van der Waals surface area contributed by atoms with Crippen molar-refractivity contribution >= 4 is 11.5 Å². The monoisotopic (exact) mass is 381 g/mol. The number of aromatic nitrogens is 4. The van der Waals surface area contributed by atoms with Gasteiger partial charge in [-0.2, -0.15) is 23.3 Å². The van der Waals surface area contributed by atoms with Crippen molar-refractivity contribution in [2.24, 2.45) is 0 Å². The minimum atomic E-state index is -4.61. The topological polar surface area (TPSA) is 55.6 Å². The number of alkyl halides is 3. The second-order valence-corrected chi connectivity index (χ2v) is 6.23. The van der Waals surface area contributed by atoms with E-state index < -0.39 is 17.6 Å². The second kappa shape index (κ2) is 6.67. The van der Waals surface area contributed by atoms with Gasteiger partial charge in [-0.1, -0.05) is 0 Å². The molecule has 1 aliphatic heterocycles. The van der Waals surface area contributed by atoms with Gasteiger partial charge in [0.25, 0.3) is 0 Å². The van der Waals surface area contributed by atoms with Crippen LogP contribution in [0.4, 0.5) is 23.4 Å². The number of nitrogens with zero attached hydrogens (tertiary/aromatic N) is 5. The average molecular weight is 381 g/mol. The van der Waals surface area contributed by atoms with Crippen molar-refractivity contribution in [3.8, 4) is 5.88 Å². The maximum atomic E-state index is 14.1. The number of anilines is 1. The quantitative estimate of drug-likeness (QED) is 0.652. The first-order chi connectivity index (χ1) is 12.9. The predicted molar refractivity (Wildman–Crippen MR) is 88.0 cm³/mol. The van der Waals surface area contributed by atoms with Crippen molar-refractivity contribution in [3.05, 3.63) is 48.2 Å². The Labute approximate surface area is 151 Å². The van der Waals surface area contributed by atoms with Gasteiger partial charge in [-0.3, -0.25) is 0 Å². The predicted octanol–water partition coefficient (Wildman–Crippen LogP) is 3.33. The molecule has 27 heavy (non-hydrogen) atoms. The lowest BCUT2D eigenvalue weighted by Gasteiger charge is -2.32. The third-order valence-electron chi connectivity index (χ3n) is 4.41. The van der Waals surface area contributed by atoms with E-state index in [4.69, 9.17) is 4.74 Å². The summed E-state index contributed by atoms with van der Waals surface area (Å²) in [4.78, 5) is 9.64. The minimum absolute atomic E-state index is 0.0692. The first-order valence-corrected chi connectivity index (χ1v) is 8.35. The summed E-state index contributed by atoms with van der Waals surface area (Å²) in [6.45, 7) is 0.851. The molecule has 0 radical (unpaired) electrons. The maximum Gasteiger partial charge on any atom is 0.417 e. The smallest absolute Gasteiger partial charge is 0.417 e. The Morgan fingerprint density at radius 1 is 1.15 bits per heavy atom. The lowest BCUT2D eigenvalue weighted by Crippen LogP contribution is -2.39. The first kappa shape index (κ1) is 17.5. The summed E-state index contributed by atoms with van der Waals surface area (Å²) in [5, 5.41) is 4.06. The summed E-state index contributed by atoms with van der Waals surface area (Å²) in [5.41, 5.74) is -0.427. The molecule has 3 aromatic rings. The van der Waals surface area contributed by atoms with E-state index in [1.165, 1.54) is 0 Å². The van der Waals surface area contributed by atoms with Crippen LogP contribution in [-0.2, 0) is 6.18 Å². The molecular weight excluding hydrogens is 366 g/mol. The van der Waals surface area contributed by atoms with Crippen LogP contribution in [0.15, 0.2) is 36.8 Å².